The lowest BCUT2D eigenvalue weighted by Gasteiger charge is -2.16. The summed E-state index contributed by atoms with van der Waals surface area (Å²) >= 11 is 1.62. The van der Waals surface area contributed by atoms with Crippen LogP contribution in [0, 0.1) is 6.92 Å². The molecule has 0 bridgehead atoms. The molecule has 5 nitrogen and oxygen atoms in total. The summed E-state index contributed by atoms with van der Waals surface area (Å²) < 4.78 is 12.6. The van der Waals surface area contributed by atoms with E-state index in [0.717, 1.165) is 28.3 Å². The van der Waals surface area contributed by atoms with Crippen molar-refractivity contribution in [2.75, 3.05) is 13.7 Å². The Hall–Kier alpha value is -1.57. The highest BCUT2D eigenvalue weighted by atomic mass is 32.2. The minimum atomic E-state index is -1.08. The third-order valence-corrected chi connectivity index (χ3v) is 6.61. The number of carbonyl (C=O) groups is 1. The van der Waals surface area contributed by atoms with Crippen LogP contribution in [0.2, 0.25) is 25.7 Å². The largest absolute Gasteiger partial charge is 0.465 e. The average Bonchev–Trinajstić information content (AvgIpc) is 2.91. The third-order valence-electron chi connectivity index (χ3n) is 3.68. The molecule has 0 N–H and O–H groups in total. The molecule has 0 aliphatic rings. The normalized spacial score (nSPS) is 11.6. The quantitative estimate of drug-likeness (QED) is 0.386. The average molecular weight is 379 g/mol. The second-order valence-electron chi connectivity index (χ2n) is 7.07. The molecule has 2 aromatic rings. The Balaban J connectivity index is 2.00. The Morgan fingerprint density at radius 2 is 1.92 bits per heavy atom. The molecule has 1 aromatic carbocycles. The van der Waals surface area contributed by atoms with Gasteiger partial charge in [-0.05, 0) is 37.2 Å². The van der Waals surface area contributed by atoms with Crippen LogP contribution in [0.15, 0.2) is 40.5 Å². The van der Waals surface area contributed by atoms with Crippen LogP contribution in [-0.2, 0) is 16.2 Å². The molecular formula is C18H26N2O3SSi. The number of carbonyl (C=O) groups excluding carboxylic acids is 1. The van der Waals surface area contributed by atoms with E-state index in [4.69, 9.17) is 9.47 Å². The van der Waals surface area contributed by atoms with E-state index in [-0.39, 0.29) is 5.97 Å². The number of aryl methyl sites for hydroxylation is 1. The third kappa shape index (κ3) is 6.02. The lowest BCUT2D eigenvalue weighted by molar-refractivity contribution is 0.0600. The molecule has 0 atom stereocenters. The number of nitrogens with zero attached hydrogens (tertiary/aromatic N) is 2. The molecule has 25 heavy (non-hydrogen) atoms. The topological polar surface area (TPSA) is 53.3 Å². The first-order valence-corrected chi connectivity index (χ1v) is 12.8. The van der Waals surface area contributed by atoms with Crippen LogP contribution in [0.3, 0.4) is 0 Å². The first-order valence-electron chi connectivity index (χ1n) is 8.26. The van der Waals surface area contributed by atoms with Crippen molar-refractivity contribution in [1.82, 2.24) is 9.55 Å². The second kappa shape index (κ2) is 8.69. The summed E-state index contributed by atoms with van der Waals surface area (Å²) in [6.45, 7) is 10.3. The molecule has 0 spiro atoms. The van der Waals surface area contributed by atoms with Gasteiger partial charge in [-0.2, -0.15) is 0 Å². The molecule has 0 amide bonds. The van der Waals surface area contributed by atoms with E-state index in [1.54, 1.807) is 23.9 Å². The van der Waals surface area contributed by atoms with E-state index >= 15 is 0 Å². The molecule has 0 aliphatic heterocycles. The number of ether oxygens (including phenoxy) is 2. The van der Waals surface area contributed by atoms with E-state index in [0.29, 0.717) is 12.3 Å². The zero-order chi connectivity index (χ0) is 18.4. The maximum Gasteiger partial charge on any atom is 0.337 e. The summed E-state index contributed by atoms with van der Waals surface area (Å²) in [6, 6.07) is 8.53. The van der Waals surface area contributed by atoms with Crippen molar-refractivity contribution in [3.63, 3.8) is 0 Å². The molecule has 7 heteroatoms. The van der Waals surface area contributed by atoms with Crippen LogP contribution in [0.25, 0.3) is 0 Å². The summed E-state index contributed by atoms with van der Waals surface area (Å²) in [5, 5.41) is 1.05. The van der Waals surface area contributed by atoms with Crippen molar-refractivity contribution in [1.29, 1.82) is 0 Å². The van der Waals surface area contributed by atoms with E-state index in [1.165, 1.54) is 7.11 Å². The second-order valence-corrected chi connectivity index (χ2v) is 13.8. The van der Waals surface area contributed by atoms with Gasteiger partial charge < -0.3 is 14.0 Å². The lowest BCUT2D eigenvalue weighted by Crippen LogP contribution is -2.22. The Morgan fingerprint density at radius 1 is 1.24 bits per heavy atom. The van der Waals surface area contributed by atoms with Gasteiger partial charge in [-0.15, -0.1) is 0 Å². The van der Waals surface area contributed by atoms with Gasteiger partial charge in [-0.3, -0.25) is 0 Å². The molecule has 0 fully saturated rings. The van der Waals surface area contributed by atoms with Crippen LogP contribution < -0.4 is 0 Å². The van der Waals surface area contributed by atoms with Crippen molar-refractivity contribution in [2.24, 2.45) is 0 Å². The standard InChI is InChI=1S/C18H26N2O3SSi/c1-14-17(20(12-19-14)13-23-10-11-25(3,4)5)24-16-8-6-15(7-9-16)18(21)22-2/h6-9,12H,10-11,13H2,1-5H3. The number of aromatic nitrogens is 2. The molecule has 0 saturated heterocycles. The molecule has 1 heterocycles. The van der Waals surface area contributed by atoms with Crippen LogP contribution in [0.5, 0.6) is 0 Å². The zero-order valence-corrected chi connectivity index (χ0v) is 17.4. The van der Waals surface area contributed by atoms with E-state index in [2.05, 4.69) is 24.6 Å². The van der Waals surface area contributed by atoms with Crippen LogP contribution in [0.1, 0.15) is 16.1 Å². The molecule has 0 aliphatic carbocycles. The zero-order valence-electron chi connectivity index (χ0n) is 15.5. The summed E-state index contributed by atoms with van der Waals surface area (Å²) in [4.78, 5) is 16.9. The predicted molar refractivity (Wildman–Crippen MR) is 103 cm³/mol. The summed E-state index contributed by atoms with van der Waals surface area (Å²) in [5.74, 6) is -0.325. The number of hydrogen-bond acceptors (Lipinski definition) is 5. The fraction of sp³-hybridized carbons (Fsp3) is 0.444. The number of methoxy groups -OCH3 is 1. The highest BCUT2D eigenvalue weighted by molar-refractivity contribution is 7.99. The number of imidazole rings is 1. The molecule has 136 valence electrons. The highest BCUT2D eigenvalue weighted by Gasteiger charge is 2.14. The van der Waals surface area contributed by atoms with Crippen molar-refractivity contribution < 1.29 is 14.3 Å². The highest BCUT2D eigenvalue weighted by Crippen LogP contribution is 2.30. The van der Waals surface area contributed by atoms with Gasteiger partial charge in [0.1, 0.15) is 11.8 Å². The minimum absolute atomic E-state index is 0.325. The van der Waals surface area contributed by atoms with E-state index in [1.807, 2.05) is 30.0 Å². The molecule has 0 radical (unpaired) electrons. The smallest absolute Gasteiger partial charge is 0.337 e. The fourth-order valence-electron chi connectivity index (χ4n) is 2.13. The monoisotopic (exact) mass is 378 g/mol. The van der Waals surface area contributed by atoms with Gasteiger partial charge >= 0.3 is 5.97 Å². The van der Waals surface area contributed by atoms with Crippen molar-refractivity contribution in [3.8, 4) is 0 Å². The fourth-order valence-corrected chi connectivity index (χ4v) is 3.80. The van der Waals surface area contributed by atoms with E-state index < -0.39 is 8.07 Å². The summed E-state index contributed by atoms with van der Waals surface area (Å²) in [7, 11) is 0.308. The molecule has 2 rings (SSSR count). The van der Waals surface area contributed by atoms with Gasteiger partial charge in [0.05, 0.1) is 24.7 Å². The van der Waals surface area contributed by atoms with E-state index in [9.17, 15) is 4.79 Å². The maximum absolute atomic E-state index is 11.5. The number of hydrogen-bond donors (Lipinski definition) is 0. The van der Waals surface area contributed by atoms with Crippen LogP contribution in [-0.4, -0.2) is 37.3 Å². The number of benzene rings is 1. The van der Waals surface area contributed by atoms with Gasteiger partial charge in [0, 0.05) is 19.6 Å². The Bertz CT molecular complexity index is 708. The van der Waals surface area contributed by atoms with Gasteiger partial charge in [0.15, 0.2) is 0 Å². The molecular weight excluding hydrogens is 352 g/mol. The maximum atomic E-state index is 11.5. The van der Waals surface area contributed by atoms with Crippen LogP contribution >= 0.6 is 11.8 Å². The van der Waals surface area contributed by atoms with Gasteiger partial charge in [-0.1, -0.05) is 31.4 Å². The van der Waals surface area contributed by atoms with Gasteiger partial charge in [0.2, 0.25) is 0 Å². The number of esters is 1. The van der Waals surface area contributed by atoms with Crippen molar-refractivity contribution >= 4 is 25.8 Å². The molecule has 0 saturated carbocycles. The first kappa shape index (κ1) is 19.7. The Kier molecular flexibility index (Phi) is 6.86. The van der Waals surface area contributed by atoms with Gasteiger partial charge in [-0.25, -0.2) is 9.78 Å². The number of rotatable bonds is 8. The molecule has 1 aromatic heterocycles. The van der Waals surface area contributed by atoms with Crippen molar-refractivity contribution in [3.05, 3.63) is 41.9 Å². The summed E-state index contributed by atoms with van der Waals surface area (Å²) in [5.41, 5.74) is 1.52. The molecule has 0 unspecified atom stereocenters. The minimum Gasteiger partial charge on any atom is -0.465 e. The first-order chi connectivity index (χ1) is 11.8. The SMILES string of the molecule is COC(=O)c1ccc(Sc2c(C)ncn2COCC[Si](C)(C)C)cc1. The predicted octanol–water partition coefficient (Wildman–Crippen LogP) is 4.44. The van der Waals surface area contributed by atoms with Crippen molar-refractivity contribution in [2.45, 2.75) is 49.3 Å². The Labute approximate surface area is 154 Å². The van der Waals surface area contributed by atoms with Crippen LogP contribution in [0.4, 0.5) is 0 Å². The Morgan fingerprint density at radius 3 is 2.52 bits per heavy atom. The summed E-state index contributed by atoms with van der Waals surface area (Å²) in [6.07, 6.45) is 1.81. The van der Waals surface area contributed by atoms with Gasteiger partial charge in [0.25, 0.3) is 0 Å². The lowest BCUT2D eigenvalue weighted by atomic mass is 10.2.